The number of nitro benzene ring substituents is 1. The van der Waals surface area contributed by atoms with Crippen molar-refractivity contribution in [2.45, 2.75) is 24.9 Å². The molecule has 10 nitrogen and oxygen atoms in total. The molecule has 3 aromatic rings. The van der Waals surface area contributed by atoms with E-state index in [1.54, 1.807) is 0 Å². The van der Waals surface area contributed by atoms with E-state index in [1.807, 2.05) is 31.2 Å². The van der Waals surface area contributed by atoms with Gasteiger partial charge < -0.3 is 5.32 Å². The molecule has 4 rings (SSSR count). The van der Waals surface area contributed by atoms with Crippen LogP contribution < -0.4 is 10.2 Å². The van der Waals surface area contributed by atoms with Crippen molar-refractivity contribution in [2.24, 2.45) is 0 Å². The second kappa shape index (κ2) is 9.18. The largest absolute Gasteiger partial charge is 0.348 e. The second-order valence-corrected chi connectivity index (χ2v) is 9.96. The highest BCUT2D eigenvalue weighted by atomic mass is 32.2. The van der Waals surface area contributed by atoms with E-state index in [4.69, 9.17) is 0 Å². The quantitative estimate of drug-likeness (QED) is 0.412. The van der Waals surface area contributed by atoms with Gasteiger partial charge in [-0.3, -0.25) is 19.8 Å². The van der Waals surface area contributed by atoms with Crippen molar-refractivity contribution in [3.8, 4) is 0 Å². The van der Waals surface area contributed by atoms with Crippen molar-refractivity contribution < 1.29 is 22.9 Å². The number of benzene rings is 3. The number of carbonyl (C=O) groups is 2. The van der Waals surface area contributed by atoms with E-state index in [1.165, 1.54) is 54.4 Å². The number of nitrogens with one attached hydrogen (secondary N) is 1. The summed E-state index contributed by atoms with van der Waals surface area (Å²) in [6, 6.07) is 16.3. The Morgan fingerprint density at radius 3 is 2.26 bits per heavy atom. The highest BCUT2D eigenvalue weighted by Crippen LogP contribution is 2.35. The van der Waals surface area contributed by atoms with Crippen LogP contribution in [0.2, 0.25) is 0 Å². The van der Waals surface area contributed by atoms with Crippen molar-refractivity contribution >= 4 is 33.3 Å². The Labute approximate surface area is 202 Å². The summed E-state index contributed by atoms with van der Waals surface area (Å²) < 4.78 is 27.4. The zero-order chi connectivity index (χ0) is 25.3. The van der Waals surface area contributed by atoms with Gasteiger partial charge in [0.15, 0.2) is 0 Å². The Kier molecular flexibility index (Phi) is 6.27. The Morgan fingerprint density at radius 1 is 1.00 bits per heavy atom. The standard InChI is InChI=1S/C24H22N4O6S/c1-16-3-5-17(6-4-16)14-25-23(29)19-9-12-21-22(13-19)35(33,34)27(24(30)26(21)2)15-18-7-10-20(11-8-18)28(31)32/h3-13H,14-15H2,1-2H3,(H,25,29). The van der Waals surface area contributed by atoms with Crippen LogP contribution in [0.4, 0.5) is 16.2 Å². The predicted octanol–water partition coefficient (Wildman–Crippen LogP) is 3.59. The van der Waals surface area contributed by atoms with Gasteiger partial charge in [-0.25, -0.2) is 17.5 Å². The van der Waals surface area contributed by atoms with Crippen LogP contribution in [0, 0.1) is 17.0 Å². The lowest BCUT2D eigenvalue weighted by molar-refractivity contribution is -0.384. The third-order valence-electron chi connectivity index (χ3n) is 5.70. The van der Waals surface area contributed by atoms with Crippen molar-refractivity contribution in [3.63, 3.8) is 0 Å². The summed E-state index contributed by atoms with van der Waals surface area (Å²) >= 11 is 0. The van der Waals surface area contributed by atoms with Crippen molar-refractivity contribution in [1.29, 1.82) is 0 Å². The summed E-state index contributed by atoms with van der Waals surface area (Å²) in [4.78, 5) is 36.9. The van der Waals surface area contributed by atoms with Crippen LogP contribution in [0.25, 0.3) is 0 Å². The zero-order valence-corrected chi connectivity index (χ0v) is 19.8. The summed E-state index contributed by atoms with van der Waals surface area (Å²) in [6.07, 6.45) is 0. The van der Waals surface area contributed by atoms with Gasteiger partial charge in [0.05, 0.1) is 17.2 Å². The number of amides is 3. The SMILES string of the molecule is Cc1ccc(CNC(=O)c2ccc3c(c2)S(=O)(=O)N(Cc2ccc([N+](=O)[O-])cc2)C(=O)N3C)cc1. The molecule has 1 aliphatic heterocycles. The first-order chi connectivity index (χ1) is 16.6. The number of carbonyl (C=O) groups excluding carboxylic acids is 2. The number of urea groups is 1. The van der Waals surface area contributed by atoms with Crippen LogP contribution in [0.1, 0.15) is 27.0 Å². The first-order valence-electron chi connectivity index (χ1n) is 10.6. The number of nitrogens with zero attached hydrogens (tertiary/aromatic N) is 3. The third kappa shape index (κ3) is 4.71. The molecule has 35 heavy (non-hydrogen) atoms. The van der Waals surface area contributed by atoms with Gasteiger partial charge in [0.1, 0.15) is 4.90 Å². The second-order valence-electron chi connectivity index (χ2n) is 8.13. The number of sulfonamides is 1. The van der Waals surface area contributed by atoms with Crippen molar-refractivity contribution in [1.82, 2.24) is 9.62 Å². The lowest BCUT2D eigenvalue weighted by Gasteiger charge is -2.34. The maximum atomic E-state index is 13.4. The van der Waals surface area contributed by atoms with Gasteiger partial charge in [-0.1, -0.05) is 42.0 Å². The highest BCUT2D eigenvalue weighted by molar-refractivity contribution is 7.90. The molecule has 0 unspecified atom stereocenters. The van der Waals surface area contributed by atoms with Crippen molar-refractivity contribution in [2.75, 3.05) is 11.9 Å². The number of rotatable bonds is 6. The van der Waals surface area contributed by atoms with Crippen LogP contribution >= 0.6 is 0 Å². The number of aryl methyl sites for hydroxylation is 1. The molecule has 0 fully saturated rings. The summed E-state index contributed by atoms with van der Waals surface area (Å²) in [5, 5.41) is 13.6. The van der Waals surface area contributed by atoms with Gasteiger partial charge in [0.25, 0.3) is 21.6 Å². The Bertz CT molecular complexity index is 1420. The normalized spacial score (nSPS) is 14.4. The van der Waals surface area contributed by atoms with E-state index in [2.05, 4.69) is 5.32 Å². The van der Waals surface area contributed by atoms with Crippen LogP contribution in [-0.2, 0) is 23.1 Å². The lowest BCUT2D eigenvalue weighted by Crippen LogP contribution is -2.48. The van der Waals surface area contributed by atoms with E-state index in [0.717, 1.165) is 11.1 Å². The van der Waals surface area contributed by atoms with E-state index >= 15 is 0 Å². The molecule has 0 atom stereocenters. The summed E-state index contributed by atoms with van der Waals surface area (Å²) in [5.74, 6) is -0.454. The molecule has 0 aliphatic carbocycles. The monoisotopic (exact) mass is 494 g/mol. The molecule has 0 bridgehead atoms. The topological polar surface area (TPSA) is 130 Å². The predicted molar refractivity (Wildman–Crippen MR) is 128 cm³/mol. The van der Waals surface area contributed by atoms with Crippen LogP contribution in [0.5, 0.6) is 0 Å². The number of hydrogen-bond donors (Lipinski definition) is 1. The minimum absolute atomic E-state index is 0.137. The van der Waals surface area contributed by atoms with Crippen molar-refractivity contribution in [3.05, 3.63) is 99.1 Å². The molecule has 0 saturated carbocycles. The third-order valence-corrected chi connectivity index (χ3v) is 7.45. The van der Waals surface area contributed by atoms with Crippen LogP contribution in [-0.4, -0.2) is 36.6 Å². The van der Waals surface area contributed by atoms with Crippen LogP contribution in [0.3, 0.4) is 0 Å². The average Bonchev–Trinajstić information content (AvgIpc) is 2.85. The first-order valence-corrected chi connectivity index (χ1v) is 12.0. The van der Waals surface area contributed by atoms with Gasteiger partial charge in [-0.05, 0) is 36.2 Å². The maximum absolute atomic E-state index is 13.4. The smallest absolute Gasteiger partial charge is 0.338 e. The van der Waals surface area contributed by atoms with E-state index in [-0.39, 0.29) is 34.9 Å². The maximum Gasteiger partial charge on any atom is 0.338 e. The average molecular weight is 495 g/mol. The van der Waals surface area contributed by atoms with Crippen LogP contribution in [0.15, 0.2) is 71.6 Å². The fraction of sp³-hybridized carbons (Fsp3) is 0.167. The summed E-state index contributed by atoms with van der Waals surface area (Å²) in [6.45, 7) is 1.92. The molecule has 3 amide bonds. The van der Waals surface area contributed by atoms with Gasteiger partial charge >= 0.3 is 6.03 Å². The summed E-state index contributed by atoms with van der Waals surface area (Å²) in [5.41, 5.74) is 2.54. The number of nitro groups is 1. The Morgan fingerprint density at radius 2 is 1.63 bits per heavy atom. The zero-order valence-electron chi connectivity index (χ0n) is 19.0. The number of anilines is 1. The molecule has 1 aliphatic rings. The molecule has 1 heterocycles. The molecule has 11 heteroatoms. The Hall–Kier alpha value is -4.25. The molecule has 0 spiro atoms. The summed E-state index contributed by atoms with van der Waals surface area (Å²) in [7, 11) is -2.85. The molecule has 1 N–H and O–H groups in total. The fourth-order valence-corrected chi connectivity index (χ4v) is 5.29. The highest BCUT2D eigenvalue weighted by Gasteiger charge is 2.40. The molecule has 0 aromatic heterocycles. The number of non-ortho nitro benzene ring substituents is 1. The fourth-order valence-electron chi connectivity index (χ4n) is 3.66. The van der Waals surface area contributed by atoms with Gasteiger partial charge in [-0.2, -0.15) is 0 Å². The first kappa shape index (κ1) is 23.9. The van der Waals surface area contributed by atoms with E-state index in [0.29, 0.717) is 9.87 Å². The lowest BCUT2D eigenvalue weighted by atomic mass is 10.1. The molecular formula is C24H22N4O6S. The Balaban J connectivity index is 1.60. The molecular weight excluding hydrogens is 472 g/mol. The van der Waals surface area contributed by atoms with E-state index < -0.39 is 26.9 Å². The van der Waals surface area contributed by atoms with E-state index in [9.17, 15) is 28.1 Å². The molecule has 180 valence electrons. The van der Waals surface area contributed by atoms with Gasteiger partial charge in [-0.15, -0.1) is 0 Å². The minimum atomic E-state index is -4.29. The van der Waals surface area contributed by atoms with Gasteiger partial charge in [0.2, 0.25) is 0 Å². The number of hydrogen-bond acceptors (Lipinski definition) is 6. The molecule has 0 radical (unpaired) electrons. The molecule has 3 aromatic carbocycles. The molecule has 0 saturated heterocycles. The minimum Gasteiger partial charge on any atom is -0.348 e. The number of fused-ring (bicyclic) bond motifs is 1. The van der Waals surface area contributed by atoms with Gasteiger partial charge in [0, 0.05) is 31.3 Å².